The molecule has 140 valence electrons. The van der Waals surface area contributed by atoms with Crippen molar-refractivity contribution in [2.75, 3.05) is 13.7 Å². The molecule has 1 N–H and O–H groups in total. The minimum Gasteiger partial charge on any atom is -0.497 e. The average Bonchev–Trinajstić information content (AvgIpc) is 3.07. The molecule has 0 saturated carbocycles. The molecule has 1 amide bonds. The molecule has 0 heterocycles. The van der Waals surface area contributed by atoms with E-state index in [4.69, 9.17) is 9.57 Å². The fraction of sp³-hybridized carbons (Fsp3) is 0.130. The lowest BCUT2D eigenvalue weighted by atomic mass is 10.1. The van der Waals surface area contributed by atoms with Gasteiger partial charge in [0, 0.05) is 17.7 Å². The van der Waals surface area contributed by atoms with Crippen LogP contribution in [-0.2, 0) is 16.2 Å². The Kier molecular flexibility index (Phi) is 5.06. The van der Waals surface area contributed by atoms with E-state index in [-0.39, 0.29) is 12.5 Å². The van der Waals surface area contributed by atoms with Gasteiger partial charge >= 0.3 is 0 Å². The first-order valence-electron chi connectivity index (χ1n) is 9.05. The Morgan fingerprint density at radius 1 is 0.893 bits per heavy atom. The Labute approximate surface area is 163 Å². The number of carbonyl (C=O) groups is 1. The quantitative estimate of drug-likeness (QED) is 0.524. The molecule has 28 heavy (non-hydrogen) atoms. The van der Waals surface area contributed by atoms with Gasteiger partial charge in [0.25, 0.3) is 5.91 Å². The molecule has 0 aliphatic heterocycles. The van der Waals surface area contributed by atoms with Crippen LogP contribution in [0, 0.1) is 0 Å². The first-order chi connectivity index (χ1) is 13.8. The Balaban J connectivity index is 1.40. The van der Waals surface area contributed by atoms with E-state index >= 15 is 0 Å². The molecule has 0 bridgehead atoms. The summed E-state index contributed by atoms with van der Waals surface area (Å²) < 4.78 is 5.19. The van der Waals surface area contributed by atoms with Gasteiger partial charge in [-0.05, 0) is 28.8 Å². The summed E-state index contributed by atoms with van der Waals surface area (Å²) in [7, 11) is 1.62. The highest BCUT2D eigenvalue weighted by atomic mass is 16.6. The van der Waals surface area contributed by atoms with E-state index < -0.39 is 0 Å². The summed E-state index contributed by atoms with van der Waals surface area (Å²) in [5.41, 5.74) is 6.00. The molecule has 3 aromatic rings. The first kappa shape index (κ1) is 17.8. The number of amides is 1. The molecule has 1 aliphatic rings. The van der Waals surface area contributed by atoms with Crippen molar-refractivity contribution in [3.63, 3.8) is 0 Å². The van der Waals surface area contributed by atoms with Gasteiger partial charge in [0.1, 0.15) is 11.5 Å². The summed E-state index contributed by atoms with van der Waals surface area (Å²) >= 11 is 0. The fourth-order valence-corrected chi connectivity index (χ4v) is 3.28. The fourth-order valence-electron chi connectivity index (χ4n) is 3.28. The normalized spacial score (nSPS) is 11.4. The number of rotatable bonds is 6. The molecule has 0 atom stereocenters. The minimum absolute atomic E-state index is 0.141. The van der Waals surface area contributed by atoms with Gasteiger partial charge in [-0.2, -0.15) is 0 Å². The Bertz CT molecular complexity index is 996. The van der Waals surface area contributed by atoms with Gasteiger partial charge in [-0.3, -0.25) is 4.79 Å². The Morgan fingerprint density at radius 3 is 2.18 bits per heavy atom. The molecule has 4 rings (SSSR count). The summed E-state index contributed by atoms with van der Waals surface area (Å²) in [5, 5.41) is 7.09. The second kappa shape index (κ2) is 7.96. The van der Waals surface area contributed by atoms with E-state index in [0.717, 1.165) is 39.3 Å². The smallest absolute Gasteiger partial charge is 0.261 e. The van der Waals surface area contributed by atoms with Crippen LogP contribution in [0.2, 0.25) is 0 Å². The number of fused-ring (bicyclic) bond motifs is 3. The zero-order chi connectivity index (χ0) is 19.3. The summed E-state index contributed by atoms with van der Waals surface area (Å²) in [6.07, 6.45) is 0. The van der Waals surface area contributed by atoms with Gasteiger partial charge in [-0.25, -0.2) is 0 Å². The largest absolute Gasteiger partial charge is 0.497 e. The SMILES string of the molecule is COc1cccc(CNC(=O)CON=C2c3ccccc3-c3ccccc32)c1. The second-order valence-corrected chi connectivity index (χ2v) is 6.43. The van der Waals surface area contributed by atoms with Crippen LogP contribution in [0.5, 0.6) is 5.75 Å². The average molecular weight is 372 g/mol. The molecule has 0 fully saturated rings. The number of benzene rings is 3. The number of hydrogen-bond donors (Lipinski definition) is 1. The standard InChI is InChI=1S/C23H20N2O3/c1-27-17-8-6-7-16(13-17)14-24-22(26)15-28-25-23-20-11-4-2-9-18(20)19-10-3-5-12-21(19)23/h2-13H,14-15H2,1H3,(H,24,26). The van der Waals surface area contributed by atoms with Gasteiger partial charge in [0.05, 0.1) is 7.11 Å². The predicted molar refractivity (Wildman–Crippen MR) is 108 cm³/mol. The number of methoxy groups -OCH3 is 1. The molecule has 0 saturated heterocycles. The third kappa shape index (κ3) is 3.60. The second-order valence-electron chi connectivity index (χ2n) is 6.43. The van der Waals surface area contributed by atoms with Crippen LogP contribution in [0.25, 0.3) is 11.1 Å². The van der Waals surface area contributed by atoms with E-state index in [1.165, 1.54) is 0 Å². The van der Waals surface area contributed by atoms with E-state index in [1.54, 1.807) is 7.11 Å². The maximum absolute atomic E-state index is 12.1. The highest BCUT2D eigenvalue weighted by Gasteiger charge is 2.24. The van der Waals surface area contributed by atoms with Crippen LogP contribution in [-0.4, -0.2) is 25.3 Å². The lowest BCUT2D eigenvalue weighted by molar-refractivity contribution is -0.125. The van der Waals surface area contributed by atoms with Gasteiger partial charge in [0.15, 0.2) is 6.61 Å². The molecule has 3 aromatic carbocycles. The number of oxime groups is 1. The Hall–Kier alpha value is -3.60. The maximum Gasteiger partial charge on any atom is 0.261 e. The topological polar surface area (TPSA) is 59.9 Å². The highest BCUT2D eigenvalue weighted by Crippen LogP contribution is 2.36. The first-order valence-corrected chi connectivity index (χ1v) is 9.05. The summed E-state index contributed by atoms with van der Waals surface area (Å²) in [5.74, 6) is 0.528. The van der Waals surface area contributed by atoms with Crippen LogP contribution in [0.3, 0.4) is 0 Å². The molecule has 5 nitrogen and oxygen atoms in total. The van der Waals surface area contributed by atoms with Crippen LogP contribution >= 0.6 is 0 Å². The van der Waals surface area contributed by atoms with Crippen LogP contribution < -0.4 is 10.1 Å². The number of hydrogen-bond acceptors (Lipinski definition) is 4. The van der Waals surface area contributed by atoms with Crippen LogP contribution in [0.4, 0.5) is 0 Å². The number of carbonyl (C=O) groups excluding carboxylic acids is 1. The summed E-state index contributed by atoms with van der Waals surface area (Å²) in [4.78, 5) is 17.5. The van der Waals surface area contributed by atoms with Gasteiger partial charge in [-0.1, -0.05) is 65.8 Å². The lowest BCUT2D eigenvalue weighted by Gasteiger charge is -2.07. The van der Waals surface area contributed by atoms with Gasteiger partial charge in [-0.15, -0.1) is 0 Å². The molecule has 1 aliphatic carbocycles. The van der Waals surface area contributed by atoms with Crippen molar-refractivity contribution in [2.24, 2.45) is 5.16 Å². The van der Waals surface area contributed by atoms with E-state index in [0.29, 0.717) is 6.54 Å². The van der Waals surface area contributed by atoms with Gasteiger partial charge in [0.2, 0.25) is 0 Å². The maximum atomic E-state index is 12.1. The number of nitrogens with one attached hydrogen (secondary N) is 1. The summed E-state index contributed by atoms with van der Waals surface area (Å²) in [6.45, 7) is 0.263. The van der Waals surface area contributed by atoms with Crippen molar-refractivity contribution in [2.45, 2.75) is 6.54 Å². The molecule has 0 spiro atoms. The zero-order valence-corrected chi connectivity index (χ0v) is 15.5. The van der Waals surface area contributed by atoms with E-state index in [1.807, 2.05) is 60.7 Å². The van der Waals surface area contributed by atoms with Crippen molar-refractivity contribution in [3.8, 4) is 16.9 Å². The molecule has 0 aromatic heterocycles. The molecular formula is C23H20N2O3. The molecule has 0 radical (unpaired) electrons. The third-order valence-corrected chi connectivity index (χ3v) is 4.63. The van der Waals surface area contributed by atoms with Crippen molar-refractivity contribution in [1.29, 1.82) is 0 Å². The van der Waals surface area contributed by atoms with E-state index in [9.17, 15) is 4.79 Å². The monoisotopic (exact) mass is 372 g/mol. The predicted octanol–water partition coefficient (Wildman–Crippen LogP) is 3.76. The van der Waals surface area contributed by atoms with Crippen molar-refractivity contribution in [1.82, 2.24) is 5.32 Å². The molecule has 0 unspecified atom stereocenters. The van der Waals surface area contributed by atoms with Crippen molar-refractivity contribution in [3.05, 3.63) is 89.5 Å². The number of ether oxygens (including phenoxy) is 1. The van der Waals surface area contributed by atoms with E-state index in [2.05, 4.69) is 22.6 Å². The molecule has 5 heteroatoms. The summed E-state index contributed by atoms with van der Waals surface area (Å²) in [6, 6.07) is 23.7. The van der Waals surface area contributed by atoms with Gasteiger partial charge < -0.3 is 14.9 Å². The Morgan fingerprint density at radius 2 is 1.54 bits per heavy atom. The van der Waals surface area contributed by atoms with Crippen molar-refractivity contribution < 1.29 is 14.4 Å². The van der Waals surface area contributed by atoms with Crippen LogP contribution in [0.15, 0.2) is 78.0 Å². The lowest BCUT2D eigenvalue weighted by Crippen LogP contribution is -2.26. The minimum atomic E-state index is -0.230. The third-order valence-electron chi connectivity index (χ3n) is 4.63. The number of nitrogens with zero attached hydrogens (tertiary/aromatic N) is 1. The highest BCUT2D eigenvalue weighted by molar-refractivity contribution is 6.24. The van der Waals surface area contributed by atoms with Crippen LogP contribution in [0.1, 0.15) is 16.7 Å². The van der Waals surface area contributed by atoms with Crippen molar-refractivity contribution >= 4 is 11.6 Å². The zero-order valence-electron chi connectivity index (χ0n) is 15.5. The molecular weight excluding hydrogens is 352 g/mol.